The van der Waals surface area contributed by atoms with Crippen LogP contribution in [0.3, 0.4) is 0 Å². The lowest BCUT2D eigenvalue weighted by atomic mass is 10.2. The molecule has 0 aliphatic rings. The summed E-state index contributed by atoms with van der Waals surface area (Å²) in [4.78, 5) is 14.7. The van der Waals surface area contributed by atoms with E-state index in [1.807, 2.05) is 0 Å². The van der Waals surface area contributed by atoms with Crippen LogP contribution in [0.15, 0.2) is 12.3 Å². The first-order valence-corrected chi connectivity index (χ1v) is 5.34. The molecule has 7 nitrogen and oxygen atoms in total. The molecule has 0 aliphatic carbocycles. The van der Waals surface area contributed by atoms with Gasteiger partial charge in [0.2, 0.25) is 5.88 Å². The Morgan fingerprint density at radius 3 is 2.78 bits per heavy atom. The molecule has 18 heavy (non-hydrogen) atoms. The topological polar surface area (TPSA) is 104 Å². The SMILES string of the molecule is COCCOCCOc1nccc(C(=O)O)c1N. The lowest BCUT2D eigenvalue weighted by Gasteiger charge is -2.09. The zero-order valence-corrected chi connectivity index (χ0v) is 10.1. The van der Waals surface area contributed by atoms with Gasteiger partial charge in [0.15, 0.2) is 0 Å². The molecule has 0 radical (unpaired) electrons. The van der Waals surface area contributed by atoms with Crippen molar-refractivity contribution in [1.82, 2.24) is 4.98 Å². The second-order valence-corrected chi connectivity index (χ2v) is 3.34. The number of aromatic carboxylic acids is 1. The number of hydrogen-bond donors (Lipinski definition) is 2. The maximum atomic E-state index is 10.8. The predicted octanol–water partition coefficient (Wildman–Crippen LogP) is 0.404. The van der Waals surface area contributed by atoms with Gasteiger partial charge in [0.25, 0.3) is 0 Å². The smallest absolute Gasteiger partial charge is 0.338 e. The zero-order valence-electron chi connectivity index (χ0n) is 10.1. The highest BCUT2D eigenvalue weighted by Crippen LogP contribution is 2.21. The molecular weight excluding hydrogens is 240 g/mol. The van der Waals surface area contributed by atoms with Gasteiger partial charge in [-0.05, 0) is 6.07 Å². The fraction of sp³-hybridized carbons (Fsp3) is 0.455. The number of nitrogen functional groups attached to an aromatic ring is 1. The van der Waals surface area contributed by atoms with Gasteiger partial charge >= 0.3 is 5.97 Å². The molecule has 0 saturated heterocycles. The molecule has 1 heterocycles. The van der Waals surface area contributed by atoms with Gasteiger partial charge in [-0.25, -0.2) is 9.78 Å². The average molecular weight is 256 g/mol. The van der Waals surface area contributed by atoms with E-state index in [2.05, 4.69) is 4.98 Å². The van der Waals surface area contributed by atoms with E-state index in [0.29, 0.717) is 19.8 Å². The molecule has 1 aromatic rings. The van der Waals surface area contributed by atoms with Crippen molar-refractivity contribution in [2.45, 2.75) is 0 Å². The van der Waals surface area contributed by atoms with Gasteiger partial charge in [0.05, 0.1) is 25.4 Å². The maximum absolute atomic E-state index is 10.8. The zero-order chi connectivity index (χ0) is 13.4. The Bertz CT molecular complexity index is 397. The summed E-state index contributed by atoms with van der Waals surface area (Å²) in [6.45, 7) is 1.57. The van der Waals surface area contributed by atoms with Crippen molar-refractivity contribution in [1.29, 1.82) is 0 Å². The van der Waals surface area contributed by atoms with Gasteiger partial charge in [-0.3, -0.25) is 0 Å². The minimum absolute atomic E-state index is 0.0156. The molecule has 0 fully saturated rings. The standard InChI is InChI=1S/C11H16N2O5/c1-16-4-5-17-6-7-18-10-9(12)8(11(14)15)2-3-13-10/h2-3H,4-7,12H2,1H3,(H,14,15). The third-order valence-corrected chi connectivity index (χ3v) is 2.08. The van der Waals surface area contributed by atoms with Crippen molar-refractivity contribution in [3.8, 4) is 5.88 Å². The lowest BCUT2D eigenvalue weighted by Crippen LogP contribution is -2.12. The van der Waals surface area contributed by atoms with Gasteiger partial charge in [0.1, 0.15) is 12.3 Å². The summed E-state index contributed by atoms with van der Waals surface area (Å²) >= 11 is 0. The summed E-state index contributed by atoms with van der Waals surface area (Å²) in [5, 5.41) is 8.86. The summed E-state index contributed by atoms with van der Waals surface area (Å²) in [7, 11) is 1.59. The van der Waals surface area contributed by atoms with Crippen molar-refractivity contribution >= 4 is 11.7 Å². The maximum Gasteiger partial charge on any atom is 0.338 e. The number of nitrogens with two attached hydrogens (primary N) is 1. The van der Waals surface area contributed by atoms with Gasteiger partial charge in [-0.15, -0.1) is 0 Å². The molecular formula is C11H16N2O5. The van der Waals surface area contributed by atoms with E-state index in [1.165, 1.54) is 12.3 Å². The summed E-state index contributed by atoms with van der Waals surface area (Å²) < 4.78 is 15.2. The third-order valence-electron chi connectivity index (χ3n) is 2.08. The number of methoxy groups -OCH3 is 1. The van der Waals surface area contributed by atoms with Gasteiger partial charge < -0.3 is 25.1 Å². The highest BCUT2D eigenvalue weighted by molar-refractivity contribution is 5.94. The first kappa shape index (κ1) is 14.2. The summed E-state index contributed by atoms with van der Waals surface area (Å²) in [6.07, 6.45) is 1.33. The number of carboxylic acid groups (broad SMARTS) is 1. The van der Waals surface area contributed by atoms with Crippen LogP contribution in [-0.4, -0.2) is 49.6 Å². The van der Waals surface area contributed by atoms with E-state index < -0.39 is 5.97 Å². The minimum Gasteiger partial charge on any atom is -0.478 e. The minimum atomic E-state index is -1.11. The first-order valence-electron chi connectivity index (χ1n) is 5.34. The highest BCUT2D eigenvalue weighted by atomic mass is 16.5. The Balaban J connectivity index is 2.43. The van der Waals surface area contributed by atoms with Crippen LogP contribution in [0.5, 0.6) is 5.88 Å². The number of anilines is 1. The van der Waals surface area contributed by atoms with Crippen LogP contribution in [0, 0.1) is 0 Å². The number of carbonyl (C=O) groups is 1. The highest BCUT2D eigenvalue weighted by Gasteiger charge is 2.12. The van der Waals surface area contributed by atoms with E-state index in [4.69, 9.17) is 25.1 Å². The number of rotatable bonds is 8. The van der Waals surface area contributed by atoms with Crippen molar-refractivity contribution < 1.29 is 24.1 Å². The van der Waals surface area contributed by atoms with Crippen LogP contribution in [0.1, 0.15) is 10.4 Å². The summed E-state index contributed by atoms with van der Waals surface area (Å²) in [5.74, 6) is -1.01. The molecule has 3 N–H and O–H groups in total. The van der Waals surface area contributed by atoms with Crippen molar-refractivity contribution in [3.63, 3.8) is 0 Å². The Morgan fingerprint density at radius 1 is 1.39 bits per heavy atom. The first-order chi connectivity index (χ1) is 8.66. The Kier molecular flexibility index (Phi) is 5.89. The largest absolute Gasteiger partial charge is 0.478 e. The number of hydrogen-bond acceptors (Lipinski definition) is 6. The second kappa shape index (κ2) is 7.46. The van der Waals surface area contributed by atoms with Gasteiger partial charge in [-0.1, -0.05) is 0 Å². The van der Waals surface area contributed by atoms with E-state index in [0.717, 1.165) is 0 Å². The molecule has 0 saturated carbocycles. The van der Waals surface area contributed by atoms with Crippen molar-refractivity contribution in [2.75, 3.05) is 39.3 Å². The fourth-order valence-electron chi connectivity index (χ4n) is 1.20. The molecule has 7 heteroatoms. The third kappa shape index (κ3) is 4.19. The van der Waals surface area contributed by atoms with Crippen LogP contribution in [-0.2, 0) is 9.47 Å². The molecule has 1 rings (SSSR count). The quantitative estimate of drug-likeness (QED) is 0.649. The van der Waals surface area contributed by atoms with Crippen molar-refractivity contribution in [2.24, 2.45) is 0 Å². The van der Waals surface area contributed by atoms with Crippen LogP contribution in [0.2, 0.25) is 0 Å². The van der Waals surface area contributed by atoms with Crippen molar-refractivity contribution in [3.05, 3.63) is 17.8 Å². The second-order valence-electron chi connectivity index (χ2n) is 3.34. The van der Waals surface area contributed by atoms with Crippen LogP contribution in [0.25, 0.3) is 0 Å². The number of pyridine rings is 1. The van der Waals surface area contributed by atoms with E-state index >= 15 is 0 Å². The number of aromatic nitrogens is 1. The number of carboxylic acids is 1. The molecule has 0 aliphatic heterocycles. The van der Waals surface area contributed by atoms with Gasteiger partial charge in [-0.2, -0.15) is 0 Å². The van der Waals surface area contributed by atoms with Crippen LogP contribution < -0.4 is 10.5 Å². The average Bonchev–Trinajstić information content (AvgIpc) is 2.35. The molecule has 1 aromatic heterocycles. The molecule has 100 valence electrons. The summed E-state index contributed by atoms with van der Waals surface area (Å²) in [6, 6.07) is 1.32. The molecule has 0 atom stereocenters. The normalized spacial score (nSPS) is 10.3. The van der Waals surface area contributed by atoms with Crippen LogP contribution >= 0.6 is 0 Å². The molecule has 0 amide bonds. The summed E-state index contributed by atoms with van der Waals surface area (Å²) in [5.41, 5.74) is 5.61. The molecule has 0 unspecified atom stereocenters. The lowest BCUT2D eigenvalue weighted by molar-refractivity contribution is 0.0537. The Hall–Kier alpha value is -1.86. The fourth-order valence-corrected chi connectivity index (χ4v) is 1.20. The Labute approximate surface area is 104 Å². The monoisotopic (exact) mass is 256 g/mol. The number of ether oxygens (including phenoxy) is 3. The van der Waals surface area contributed by atoms with Crippen LogP contribution in [0.4, 0.5) is 5.69 Å². The molecule has 0 aromatic carbocycles. The van der Waals surface area contributed by atoms with Gasteiger partial charge in [0, 0.05) is 13.3 Å². The number of nitrogens with zero attached hydrogens (tertiary/aromatic N) is 1. The van der Waals surface area contributed by atoms with E-state index in [1.54, 1.807) is 7.11 Å². The van der Waals surface area contributed by atoms with E-state index in [-0.39, 0.29) is 23.7 Å². The molecule has 0 spiro atoms. The molecule has 0 bridgehead atoms. The van der Waals surface area contributed by atoms with E-state index in [9.17, 15) is 4.79 Å². The predicted molar refractivity (Wildman–Crippen MR) is 63.8 cm³/mol. The Morgan fingerprint density at radius 2 is 2.11 bits per heavy atom.